The van der Waals surface area contributed by atoms with E-state index in [1.165, 1.54) is 37.9 Å². The molecule has 0 spiro atoms. The summed E-state index contributed by atoms with van der Waals surface area (Å²) in [6.45, 7) is 2.41. The summed E-state index contributed by atoms with van der Waals surface area (Å²) in [7, 11) is 1.71. The molecular formula is C13H19NO. The number of aryl methyl sites for hydroxylation is 1. The zero-order chi connectivity index (χ0) is 10.5. The highest BCUT2D eigenvalue weighted by Crippen LogP contribution is 2.17. The van der Waals surface area contributed by atoms with Gasteiger partial charge in [-0.15, -0.1) is 0 Å². The molecule has 1 N–H and O–H groups in total. The molecule has 0 aromatic heterocycles. The average molecular weight is 205 g/mol. The summed E-state index contributed by atoms with van der Waals surface area (Å²) in [5.41, 5.74) is 1.42. The van der Waals surface area contributed by atoms with Crippen LogP contribution in [0.4, 0.5) is 0 Å². The zero-order valence-electron chi connectivity index (χ0n) is 9.33. The predicted octanol–water partition coefficient (Wildman–Crippen LogP) is 2.24. The summed E-state index contributed by atoms with van der Waals surface area (Å²) < 4.78 is 5.14. The van der Waals surface area contributed by atoms with E-state index in [9.17, 15) is 0 Å². The van der Waals surface area contributed by atoms with Crippen LogP contribution in [0.2, 0.25) is 0 Å². The number of hydrogen-bond donors (Lipinski definition) is 1. The standard InChI is InChI=1S/C13H19NO/c1-15-13-6-4-11(5-7-13)2-3-12-8-9-14-10-12/h4-7,12,14H,2-3,8-10H2,1H3. The maximum atomic E-state index is 5.14. The third kappa shape index (κ3) is 2.96. The van der Waals surface area contributed by atoms with Gasteiger partial charge < -0.3 is 10.1 Å². The highest BCUT2D eigenvalue weighted by molar-refractivity contribution is 5.27. The van der Waals surface area contributed by atoms with Crippen LogP contribution in [0, 0.1) is 5.92 Å². The van der Waals surface area contributed by atoms with E-state index in [0.717, 1.165) is 11.7 Å². The predicted molar refractivity (Wildman–Crippen MR) is 62.3 cm³/mol. The van der Waals surface area contributed by atoms with Crippen molar-refractivity contribution in [1.82, 2.24) is 5.32 Å². The van der Waals surface area contributed by atoms with Crippen molar-refractivity contribution in [3.05, 3.63) is 29.8 Å². The lowest BCUT2D eigenvalue weighted by atomic mass is 9.99. The van der Waals surface area contributed by atoms with Gasteiger partial charge in [0.25, 0.3) is 0 Å². The molecule has 2 rings (SSSR count). The fourth-order valence-electron chi connectivity index (χ4n) is 2.12. The summed E-state index contributed by atoms with van der Waals surface area (Å²) in [4.78, 5) is 0. The van der Waals surface area contributed by atoms with Crippen LogP contribution in [-0.4, -0.2) is 20.2 Å². The van der Waals surface area contributed by atoms with Gasteiger partial charge in [0.1, 0.15) is 5.75 Å². The van der Waals surface area contributed by atoms with Crippen molar-refractivity contribution >= 4 is 0 Å². The molecule has 1 aromatic carbocycles. The molecule has 15 heavy (non-hydrogen) atoms. The molecule has 0 bridgehead atoms. The first-order valence-corrected chi connectivity index (χ1v) is 5.72. The zero-order valence-corrected chi connectivity index (χ0v) is 9.33. The maximum Gasteiger partial charge on any atom is 0.118 e. The number of nitrogens with one attached hydrogen (secondary N) is 1. The van der Waals surface area contributed by atoms with Gasteiger partial charge in [-0.1, -0.05) is 12.1 Å². The molecule has 1 heterocycles. The molecule has 1 fully saturated rings. The summed E-state index contributed by atoms with van der Waals surface area (Å²) in [6, 6.07) is 8.42. The third-order valence-electron chi connectivity index (χ3n) is 3.16. The largest absolute Gasteiger partial charge is 0.497 e. The second-order valence-corrected chi connectivity index (χ2v) is 4.25. The van der Waals surface area contributed by atoms with Crippen LogP contribution in [0.25, 0.3) is 0 Å². The van der Waals surface area contributed by atoms with Gasteiger partial charge in [-0.05, 0) is 56.0 Å². The molecular weight excluding hydrogens is 186 g/mol. The Morgan fingerprint density at radius 3 is 2.73 bits per heavy atom. The van der Waals surface area contributed by atoms with Gasteiger partial charge >= 0.3 is 0 Å². The van der Waals surface area contributed by atoms with E-state index >= 15 is 0 Å². The minimum Gasteiger partial charge on any atom is -0.497 e. The molecule has 0 saturated carbocycles. The molecule has 1 unspecified atom stereocenters. The van der Waals surface area contributed by atoms with E-state index in [-0.39, 0.29) is 0 Å². The monoisotopic (exact) mass is 205 g/mol. The van der Waals surface area contributed by atoms with E-state index in [1.54, 1.807) is 7.11 Å². The van der Waals surface area contributed by atoms with Crippen molar-refractivity contribution in [1.29, 1.82) is 0 Å². The summed E-state index contributed by atoms with van der Waals surface area (Å²) in [6.07, 6.45) is 3.84. The fraction of sp³-hybridized carbons (Fsp3) is 0.538. The average Bonchev–Trinajstić information content (AvgIpc) is 2.80. The highest BCUT2D eigenvalue weighted by atomic mass is 16.5. The normalized spacial score (nSPS) is 20.5. The van der Waals surface area contributed by atoms with Gasteiger partial charge in [0, 0.05) is 0 Å². The summed E-state index contributed by atoms with van der Waals surface area (Å²) >= 11 is 0. The van der Waals surface area contributed by atoms with Crippen LogP contribution < -0.4 is 10.1 Å². The molecule has 82 valence electrons. The quantitative estimate of drug-likeness (QED) is 0.814. The van der Waals surface area contributed by atoms with Crippen molar-refractivity contribution in [2.75, 3.05) is 20.2 Å². The Morgan fingerprint density at radius 2 is 2.13 bits per heavy atom. The summed E-state index contributed by atoms with van der Waals surface area (Å²) in [5, 5.41) is 3.41. The van der Waals surface area contributed by atoms with E-state index < -0.39 is 0 Å². The van der Waals surface area contributed by atoms with Gasteiger partial charge in [-0.3, -0.25) is 0 Å². The van der Waals surface area contributed by atoms with Gasteiger partial charge in [0.05, 0.1) is 7.11 Å². The van der Waals surface area contributed by atoms with Crippen LogP contribution in [0.15, 0.2) is 24.3 Å². The fourth-order valence-corrected chi connectivity index (χ4v) is 2.12. The second kappa shape index (κ2) is 5.17. The Morgan fingerprint density at radius 1 is 1.33 bits per heavy atom. The highest BCUT2D eigenvalue weighted by Gasteiger charge is 2.13. The number of rotatable bonds is 4. The van der Waals surface area contributed by atoms with Crippen LogP contribution >= 0.6 is 0 Å². The molecule has 1 aliphatic heterocycles. The van der Waals surface area contributed by atoms with Crippen LogP contribution in [0.5, 0.6) is 5.75 Å². The third-order valence-corrected chi connectivity index (χ3v) is 3.16. The Balaban J connectivity index is 1.82. The topological polar surface area (TPSA) is 21.3 Å². The lowest BCUT2D eigenvalue weighted by Gasteiger charge is -2.08. The Kier molecular flexibility index (Phi) is 3.62. The van der Waals surface area contributed by atoms with E-state index in [2.05, 4.69) is 17.4 Å². The van der Waals surface area contributed by atoms with E-state index in [1.807, 2.05) is 12.1 Å². The molecule has 1 atom stereocenters. The Labute approximate surface area is 91.6 Å². The molecule has 0 amide bonds. The van der Waals surface area contributed by atoms with Crippen LogP contribution in [-0.2, 0) is 6.42 Å². The van der Waals surface area contributed by atoms with Crippen molar-refractivity contribution in [3.8, 4) is 5.75 Å². The molecule has 2 heteroatoms. The smallest absolute Gasteiger partial charge is 0.118 e. The van der Waals surface area contributed by atoms with Crippen molar-refractivity contribution < 1.29 is 4.74 Å². The van der Waals surface area contributed by atoms with Gasteiger partial charge in [-0.25, -0.2) is 0 Å². The lowest BCUT2D eigenvalue weighted by Crippen LogP contribution is -2.09. The van der Waals surface area contributed by atoms with Gasteiger partial charge in [0.15, 0.2) is 0 Å². The van der Waals surface area contributed by atoms with Gasteiger partial charge in [-0.2, -0.15) is 0 Å². The number of benzene rings is 1. The molecule has 0 radical (unpaired) electrons. The number of ether oxygens (including phenoxy) is 1. The minimum atomic E-state index is 0.882. The molecule has 1 aliphatic rings. The van der Waals surface area contributed by atoms with Crippen molar-refractivity contribution in [2.24, 2.45) is 5.92 Å². The van der Waals surface area contributed by atoms with Crippen molar-refractivity contribution in [3.63, 3.8) is 0 Å². The first-order chi connectivity index (χ1) is 7.38. The Hall–Kier alpha value is -1.02. The van der Waals surface area contributed by atoms with E-state index in [4.69, 9.17) is 4.74 Å². The second-order valence-electron chi connectivity index (χ2n) is 4.25. The molecule has 2 nitrogen and oxygen atoms in total. The van der Waals surface area contributed by atoms with E-state index in [0.29, 0.717) is 0 Å². The maximum absolute atomic E-state index is 5.14. The summed E-state index contributed by atoms with van der Waals surface area (Å²) in [5.74, 6) is 1.83. The van der Waals surface area contributed by atoms with Crippen molar-refractivity contribution in [2.45, 2.75) is 19.3 Å². The molecule has 1 saturated heterocycles. The SMILES string of the molecule is COc1ccc(CCC2CCNC2)cc1. The molecule has 0 aliphatic carbocycles. The molecule has 1 aromatic rings. The lowest BCUT2D eigenvalue weighted by molar-refractivity contribution is 0.414. The Bertz CT molecular complexity index is 288. The first kappa shape index (κ1) is 10.5. The van der Waals surface area contributed by atoms with Crippen LogP contribution in [0.3, 0.4) is 0 Å². The van der Waals surface area contributed by atoms with Gasteiger partial charge in [0.2, 0.25) is 0 Å². The van der Waals surface area contributed by atoms with Crippen LogP contribution in [0.1, 0.15) is 18.4 Å². The first-order valence-electron chi connectivity index (χ1n) is 5.72. The minimum absolute atomic E-state index is 0.882. The number of methoxy groups -OCH3 is 1. The number of hydrogen-bond acceptors (Lipinski definition) is 2.